The van der Waals surface area contributed by atoms with E-state index in [0.717, 1.165) is 5.69 Å². The van der Waals surface area contributed by atoms with E-state index in [1.807, 2.05) is 0 Å². The number of H-pyrrole nitrogens is 1. The number of nitro benzene ring substituents is 1. The van der Waals surface area contributed by atoms with Crippen molar-refractivity contribution in [2.45, 2.75) is 0 Å². The molecule has 0 aliphatic rings. The van der Waals surface area contributed by atoms with Gasteiger partial charge in [0.05, 0.1) is 12.0 Å². The van der Waals surface area contributed by atoms with Crippen molar-refractivity contribution in [1.82, 2.24) is 0 Å². The number of nitrogens with zero attached hydrogens (tertiary/aromatic N) is 1. The summed E-state index contributed by atoms with van der Waals surface area (Å²) in [5, 5.41) is 13.2. The van der Waals surface area contributed by atoms with Gasteiger partial charge < -0.3 is 21.7 Å². The van der Waals surface area contributed by atoms with E-state index in [1.54, 1.807) is 17.5 Å². The Labute approximate surface area is 117 Å². The summed E-state index contributed by atoms with van der Waals surface area (Å²) in [7, 11) is 1.40. The molecule has 0 spiro atoms. The fourth-order valence-corrected chi connectivity index (χ4v) is 2.06. The van der Waals surface area contributed by atoms with Crippen molar-refractivity contribution in [2.75, 3.05) is 12.8 Å². The zero-order valence-corrected chi connectivity index (χ0v) is 11.7. The maximum atomic E-state index is 10.9. The molecule has 18 heavy (non-hydrogen) atoms. The van der Waals surface area contributed by atoms with Crippen molar-refractivity contribution in [3.05, 3.63) is 33.7 Å². The average Bonchev–Trinajstić information content (AvgIpc) is 2.75. The summed E-state index contributed by atoms with van der Waals surface area (Å²) in [5.74, 6) is 0.238. The smallest absolute Gasteiger partial charge is 0.329 e. The molecule has 0 amide bonds. The molecule has 0 aliphatic carbocycles. The predicted molar refractivity (Wildman–Crippen MR) is 63.9 cm³/mol. The lowest BCUT2D eigenvalue weighted by atomic mass is 10.1. The summed E-state index contributed by atoms with van der Waals surface area (Å²) in [6, 6.07) is 4.76. The first-order valence-electron chi connectivity index (χ1n) is 4.71. The number of nitrogens with two attached hydrogens (primary N) is 1. The Bertz CT molecular complexity index is 573. The number of thiazole rings is 1. The topological polar surface area (TPSA) is 92.5 Å². The standard InChI is InChI=1S/C10H9N3O3S.BrH/c1-16-9-3-2-6(4-8(9)13(14)15)7-5-17-10(11)12-7;/h2-5H,1H3,(H2,11,12);1H. The number of rotatable bonds is 3. The highest BCUT2D eigenvalue weighted by molar-refractivity contribution is 7.13. The molecule has 8 heteroatoms. The normalized spacial score (nSPS) is 9.61. The lowest BCUT2D eigenvalue weighted by Crippen LogP contribution is -3.00. The first kappa shape index (κ1) is 14.4. The van der Waals surface area contributed by atoms with E-state index in [9.17, 15) is 10.1 Å². The van der Waals surface area contributed by atoms with Crippen LogP contribution in [-0.2, 0) is 0 Å². The fourth-order valence-electron chi connectivity index (χ4n) is 1.45. The summed E-state index contributed by atoms with van der Waals surface area (Å²) in [6.45, 7) is 0. The lowest BCUT2D eigenvalue weighted by Gasteiger charge is -2.02. The van der Waals surface area contributed by atoms with Crippen LogP contribution in [0.3, 0.4) is 0 Å². The zero-order valence-electron chi connectivity index (χ0n) is 9.34. The second kappa shape index (κ2) is 5.78. The number of benzene rings is 1. The largest absolute Gasteiger partial charge is 1.00 e. The van der Waals surface area contributed by atoms with Crippen LogP contribution in [0.25, 0.3) is 11.3 Å². The molecule has 0 saturated heterocycles. The minimum Gasteiger partial charge on any atom is -1.00 e. The number of halogens is 1. The SMILES string of the molecule is COc1ccc(-c2csc(N)[nH+]2)cc1[N+](=O)[O-].[Br-]. The number of nitrogen functional groups attached to an aromatic ring is 1. The maximum absolute atomic E-state index is 10.9. The number of nitro groups is 1. The van der Waals surface area contributed by atoms with Gasteiger partial charge >= 0.3 is 10.8 Å². The van der Waals surface area contributed by atoms with Crippen LogP contribution < -0.4 is 32.4 Å². The van der Waals surface area contributed by atoms with E-state index in [1.165, 1.54) is 24.5 Å². The van der Waals surface area contributed by atoms with Gasteiger partial charge in [0.25, 0.3) is 0 Å². The number of aromatic nitrogens is 1. The third-order valence-corrected chi connectivity index (χ3v) is 2.96. The fraction of sp³-hybridized carbons (Fsp3) is 0.100. The van der Waals surface area contributed by atoms with Gasteiger partial charge in [-0.1, -0.05) is 11.3 Å². The highest BCUT2D eigenvalue weighted by atomic mass is 79.9. The van der Waals surface area contributed by atoms with Crippen molar-refractivity contribution in [3.8, 4) is 17.0 Å². The van der Waals surface area contributed by atoms with Crippen LogP contribution in [0.5, 0.6) is 5.75 Å². The van der Waals surface area contributed by atoms with E-state index >= 15 is 0 Å². The van der Waals surface area contributed by atoms with Gasteiger partial charge in [0.2, 0.25) is 0 Å². The number of anilines is 1. The highest BCUT2D eigenvalue weighted by Gasteiger charge is 2.17. The molecule has 0 saturated carbocycles. The van der Waals surface area contributed by atoms with E-state index < -0.39 is 4.92 Å². The Morgan fingerprint density at radius 2 is 2.22 bits per heavy atom. The average molecular weight is 332 g/mol. The molecule has 0 fully saturated rings. The van der Waals surface area contributed by atoms with Crippen LogP contribution >= 0.6 is 11.3 Å². The van der Waals surface area contributed by atoms with Crippen molar-refractivity contribution in [1.29, 1.82) is 0 Å². The van der Waals surface area contributed by atoms with Crippen LogP contribution in [0.4, 0.5) is 10.8 Å². The molecule has 0 bridgehead atoms. The van der Waals surface area contributed by atoms with Crippen molar-refractivity contribution in [2.24, 2.45) is 0 Å². The minimum absolute atomic E-state index is 0. The third kappa shape index (κ3) is 2.77. The van der Waals surface area contributed by atoms with Crippen LogP contribution in [-0.4, -0.2) is 12.0 Å². The third-order valence-electron chi connectivity index (χ3n) is 2.25. The molecule has 0 unspecified atom stereocenters. The second-order valence-corrected chi connectivity index (χ2v) is 4.19. The maximum Gasteiger partial charge on any atom is 0.329 e. The Morgan fingerprint density at radius 3 is 2.72 bits per heavy atom. The van der Waals surface area contributed by atoms with Crippen LogP contribution in [0, 0.1) is 10.1 Å². The summed E-state index contributed by atoms with van der Waals surface area (Å²) >= 11 is 1.34. The molecule has 1 aromatic carbocycles. The Hall–Kier alpha value is -1.67. The van der Waals surface area contributed by atoms with Gasteiger partial charge in [-0.25, -0.2) is 4.98 Å². The number of aromatic amines is 1. The monoisotopic (exact) mass is 331 g/mol. The molecule has 3 N–H and O–H groups in total. The van der Waals surface area contributed by atoms with Crippen molar-refractivity contribution >= 4 is 22.2 Å². The number of ether oxygens (including phenoxy) is 1. The number of methoxy groups -OCH3 is 1. The minimum atomic E-state index is -0.474. The van der Waals surface area contributed by atoms with E-state index in [2.05, 4.69) is 4.98 Å². The number of nitrogens with one attached hydrogen (secondary N) is 1. The first-order chi connectivity index (χ1) is 8.11. The summed E-state index contributed by atoms with van der Waals surface area (Å²) in [5.41, 5.74) is 6.96. The van der Waals surface area contributed by atoms with Crippen LogP contribution in [0.2, 0.25) is 0 Å². The molecule has 2 rings (SSSR count). The van der Waals surface area contributed by atoms with Gasteiger partial charge in [0.1, 0.15) is 5.69 Å². The summed E-state index contributed by atoms with van der Waals surface area (Å²) in [4.78, 5) is 13.3. The summed E-state index contributed by atoms with van der Waals surface area (Å²) in [6.07, 6.45) is 0. The predicted octanol–water partition coefficient (Wildman–Crippen LogP) is -1.27. The van der Waals surface area contributed by atoms with Gasteiger partial charge in [-0.05, 0) is 12.1 Å². The highest BCUT2D eigenvalue weighted by Crippen LogP contribution is 2.31. The first-order valence-corrected chi connectivity index (χ1v) is 5.59. The lowest BCUT2D eigenvalue weighted by molar-refractivity contribution is -0.385. The molecule has 0 radical (unpaired) electrons. The number of hydrogen-bond acceptors (Lipinski definition) is 5. The van der Waals surface area contributed by atoms with Gasteiger partial charge in [0.15, 0.2) is 5.75 Å². The van der Waals surface area contributed by atoms with Gasteiger partial charge in [0, 0.05) is 17.0 Å². The number of hydrogen-bond donors (Lipinski definition) is 1. The molecule has 1 aromatic heterocycles. The summed E-state index contributed by atoms with van der Waals surface area (Å²) < 4.78 is 4.93. The van der Waals surface area contributed by atoms with Crippen molar-refractivity contribution in [3.63, 3.8) is 0 Å². The second-order valence-electron chi connectivity index (χ2n) is 3.28. The molecular weight excluding hydrogens is 322 g/mol. The van der Waals surface area contributed by atoms with Gasteiger partial charge in [-0.3, -0.25) is 15.8 Å². The molecule has 0 aliphatic heterocycles. The zero-order chi connectivity index (χ0) is 12.4. The molecule has 96 valence electrons. The molecular formula is C10H10BrN3O3S. The van der Waals surface area contributed by atoms with Crippen molar-refractivity contribution < 1.29 is 31.6 Å². The van der Waals surface area contributed by atoms with E-state index in [0.29, 0.717) is 10.7 Å². The molecule has 1 heterocycles. The quantitative estimate of drug-likeness (QED) is 0.560. The van der Waals surface area contributed by atoms with Gasteiger partial charge in [-0.2, -0.15) is 0 Å². The van der Waals surface area contributed by atoms with Crippen LogP contribution in [0.15, 0.2) is 23.6 Å². The van der Waals surface area contributed by atoms with E-state index in [-0.39, 0.29) is 28.4 Å². The van der Waals surface area contributed by atoms with E-state index in [4.69, 9.17) is 10.5 Å². The Kier molecular flexibility index (Phi) is 4.62. The van der Waals surface area contributed by atoms with Crippen LogP contribution in [0.1, 0.15) is 0 Å². The Morgan fingerprint density at radius 1 is 1.50 bits per heavy atom. The molecule has 0 atom stereocenters. The van der Waals surface area contributed by atoms with Gasteiger partial charge in [-0.15, -0.1) is 0 Å². The Balaban J connectivity index is 0.00000162. The molecule has 2 aromatic rings. The molecule has 6 nitrogen and oxygen atoms in total.